The molecule has 7 heteroatoms. The first-order valence-electron chi connectivity index (χ1n) is 9.43. The van der Waals surface area contributed by atoms with Gasteiger partial charge >= 0.3 is 0 Å². The number of carbonyl (C=O) groups excluding carboxylic acids is 1. The van der Waals surface area contributed by atoms with Crippen LogP contribution in [0, 0.1) is 5.92 Å². The Morgan fingerprint density at radius 2 is 1.93 bits per heavy atom. The summed E-state index contributed by atoms with van der Waals surface area (Å²) in [7, 11) is 0. The number of aromatic nitrogens is 1. The zero-order chi connectivity index (χ0) is 20.5. The topological polar surface area (TPSA) is 53.4 Å². The summed E-state index contributed by atoms with van der Waals surface area (Å²) in [4.78, 5) is 19.9. The second kappa shape index (κ2) is 8.49. The van der Waals surface area contributed by atoms with Gasteiger partial charge in [-0.25, -0.2) is 4.98 Å². The van der Waals surface area contributed by atoms with Crippen molar-refractivity contribution in [2.24, 2.45) is 5.92 Å². The Morgan fingerprint density at radius 3 is 2.72 bits per heavy atom. The first kappa shape index (κ1) is 20.4. The lowest BCUT2D eigenvalue weighted by Crippen LogP contribution is -2.41. The number of hydrogen-bond acceptors (Lipinski definition) is 3. The molecule has 1 N–H and O–H groups in total. The van der Waals surface area contributed by atoms with Crippen LogP contribution >= 0.6 is 34.8 Å². The van der Waals surface area contributed by atoms with Crippen LogP contribution in [0.15, 0.2) is 42.5 Å². The lowest BCUT2D eigenvalue weighted by molar-refractivity contribution is 0.0622. The molecule has 150 valence electrons. The highest BCUT2D eigenvalue weighted by molar-refractivity contribution is 6.49. The number of pyridine rings is 1. The third kappa shape index (κ3) is 3.95. The fourth-order valence-electron chi connectivity index (χ4n) is 3.78. The fourth-order valence-corrected chi connectivity index (χ4v) is 4.42. The molecule has 1 atom stereocenters. The Hall–Kier alpha value is -1.85. The molecular weight excluding hydrogens is 431 g/mol. The minimum atomic E-state index is -0.0702. The van der Waals surface area contributed by atoms with E-state index in [4.69, 9.17) is 39.8 Å². The maximum Gasteiger partial charge on any atom is 0.254 e. The zero-order valence-electron chi connectivity index (χ0n) is 15.5. The highest BCUT2D eigenvalue weighted by Gasteiger charge is 2.26. The number of rotatable bonds is 3. The van der Waals surface area contributed by atoms with E-state index >= 15 is 0 Å². The Kier molecular flexibility index (Phi) is 5.98. The van der Waals surface area contributed by atoms with Crippen LogP contribution in [0.3, 0.4) is 0 Å². The predicted octanol–water partition coefficient (Wildman–Crippen LogP) is 5.71. The van der Waals surface area contributed by atoms with Crippen molar-refractivity contribution in [2.75, 3.05) is 19.7 Å². The maximum atomic E-state index is 13.4. The number of nitrogens with zero attached hydrogens (tertiary/aromatic N) is 2. The number of aliphatic hydroxyl groups is 1. The van der Waals surface area contributed by atoms with Crippen molar-refractivity contribution in [1.82, 2.24) is 9.88 Å². The van der Waals surface area contributed by atoms with Gasteiger partial charge in [-0.15, -0.1) is 0 Å². The van der Waals surface area contributed by atoms with Crippen LogP contribution in [0.5, 0.6) is 0 Å². The Balaban J connectivity index is 1.84. The number of para-hydroxylation sites is 1. The molecule has 1 aromatic heterocycles. The standard InChI is InChI=1S/C22H19Cl3N2O2/c23-17-8-7-15(20(24)21(17)25)19-10-16(14-5-1-2-6-18(14)26-19)22(29)27-9-3-4-13(11-27)12-28/h1-2,5-8,10,13,28H,3-4,9,11-12H2. The van der Waals surface area contributed by atoms with Gasteiger partial charge in [0.2, 0.25) is 0 Å². The van der Waals surface area contributed by atoms with Gasteiger partial charge in [0.1, 0.15) is 0 Å². The smallest absolute Gasteiger partial charge is 0.254 e. The van der Waals surface area contributed by atoms with E-state index < -0.39 is 0 Å². The van der Waals surface area contributed by atoms with Crippen LogP contribution in [-0.2, 0) is 0 Å². The van der Waals surface area contributed by atoms with Crippen LogP contribution in [-0.4, -0.2) is 40.6 Å². The van der Waals surface area contributed by atoms with Crippen molar-refractivity contribution in [3.63, 3.8) is 0 Å². The number of piperidine rings is 1. The number of halogens is 3. The van der Waals surface area contributed by atoms with Gasteiger partial charge in [0, 0.05) is 30.6 Å². The number of aliphatic hydroxyl groups excluding tert-OH is 1. The maximum absolute atomic E-state index is 13.4. The van der Waals surface area contributed by atoms with E-state index in [0.717, 1.165) is 18.2 Å². The summed E-state index contributed by atoms with van der Waals surface area (Å²) < 4.78 is 0. The number of fused-ring (bicyclic) bond motifs is 1. The largest absolute Gasteiger partial charge is 0.396 e. The molecule has 0 aliphatic carbocycles. The van der Waals surface area contributed by atoms with E-state index in [2.05, 4.69) is 0 Å². The highest BCUT2D eigenvalue weighted by atomic mass is 35.5. The minimum absolute atomic E-state index is 0.0702. The molecule has 29 heavy (non-hydrogen) atoms. The first-order chi connectivity index (χ1) is 14.0. The van der Waals surface area contributed by atoms with Gasteiger partial charge in [-0.05, 0) is 43.0 Å². The molecule has 1 fully saturated rings. The quantitative estimate of drug-likeness (QED) is 0.521. The van der Waals surface area contributed by atoms with E-state index in [1.165, 1.54) is 0 Å². The summed E-state index contributed by atoms with van der Waals surface area (Å²) >= 11 is 18.7. The van der Waals surface area contributed by atoms with Gasteiger partial charge in [0.25, 0.3) is 5.91 Å². The molecular formula is C22H19Cl3N2O2. The zero-order valence-corrected chi connectivity index (χ0v) is 17.8. The van der Waals surface area contributed by atoms with Gasteiger partial charge in [0.05, 0.1) is 31.8 Å². The van der Waals surface area contributed by atoms with Crippen LogP contribution in [0.1, 0.15) is 23.2 Å². The molecule has 1 unspecified atom stereocenters. The summed E-state index contributed by atoms with van der Waals surface area (Å²) in [6.45, 7) is 1.31. The van der Waals surface area contributed by atoms with Crippen LogP contribution in [0.4, 0.5) is 0 Å². The Morgan fingerprint density at radius 1 is 1.14 bits per heavy atom. The van der Waals surface area contributed by atoms with Crippen molar-refractivity contribution < 1.29 is 9.90 Å². The van der Waals surface area contributed by atoms with Gasteiger partial charge in [-0.2, -0.15) is 0 Å². The SMILES string of the molecule is O=C(c1cc(-c2ccc(Cl)c(Cl)c2Cl)nc2ccccc12)N1CCCC(CO)C1. The van der Waals surface area contributed by atoms with E-state index in [9.17, 15) is 9.90 Å². The molecule has 1 aliphatic heterocycles. The van der Waals surface area contributed by atoms with Gasteiger partial charge in [-0.3, -0.25) is 4.79 Å². The molecule has 4 nitrogen and oxygen atoms in total. The molecule has 0 bridgehead atoms. The molecule has 1 amide bonds. The van der Waals surface area contributed by atoms with E-state index in [0.29, 0.717) is 45.5 Å². The first-order valence-corrected chi connectivity index (χ1v) is 10.6. The number of amides is 1. The lowest BCUT2D eigenvalue weighted by Gasteiger charge is -2.32. The number of likely N-dealkylation sites (tertiary alicyclic amines) is 1. The van der Waals surface area contributed by atoms with E-state index in [-0.39, 0.29) is 23.5 Å². The molecule has 3 aromatic rings. The summed E-state index contributed by atoms with van der Waals surface area (Å²) in [5.41, 5.74) is 2.44. The molecule has 1 saturated heterocycles. The predicted molar refractivity (Wildman–Crippen MR) is 118 cm³/mol. The summed E-state index contributed by atoms with van der Waals surface area (Å²) in [5.74, 6) is 0.0453. The Bertz CT molecular complexity index is 1090. The third-order valence-corrected chi connectivity index (χ3v) is 6.62. The minimum Gasteiger partial charge on any atom is -0.396 e. The average Bonchev–Trinajstić information content (AvgIpc) is 2.76. The third-order valence-electron chi connectivity index (χ3n) is 5.32. The molecule has 4 rings (SSSR count). The highest BCUT2D eigenvalue weighted by Crippen LogP contribution is 2.38. The second-order valence-corrected chi connectivity index (χ2v) is 8.40. The molecule has 0 saturated carbocycles. The number of carbonyl (C=O) groups is 1. The van der Waals surface area contributed by atoms with Crippen LogP contribution in [0.25, 0.3) is 22.2 Å². The lowest BCUT2D eigenvalue weighted by atomic mass is 9.97. The molecule has 0 radical (unpaired) electrons. The van der Waals surface area contributed by atoms with Crippen molar-refractivity contribution in [3.8, 4) is 11.3 Å². The molecule has 2 heterocycles. The van der Waals surface area contributed by atoms with Gasteiger partial charge in [0.15, 0.2) is 0 Å². The van der Waals surface area contributed by atoms with Crippen molar-refractivity contribution in [3.05, 3.63) is 63.1 Å². The molecule has 1 aliphatic rings. The summed E-state index contributed by atoms with van der Waals surface area (Å²) in [6, 6.07) is 12.7. The van der Waals surface area contributed by atoms with Crippen molar-refractivity contribution >= 4 is 51.6 Å². The second-order valence-electron chi connectivity index (χ2n) is 7.24. The van der Waals surface area contributed by atoms with E-state index in [1.807, 2.05) is 29.2 Å². The number of hydrogen-bond donors (Lipinski definition) is 1. The van der Waals surface area contributed by atoms with Gasteiger partial charge in [-0.1, -0.05) is 53.0 Å². The summed E-state index contributed by atoms with van der Waals surface area (Å²) in [5, 5.41) is 11.2. The van der Waals surface area contributed by atoms with Crippen LogP contribution in [0.2, 0.25) is 15.1 Å². The monoisotopic (exact) mass is 448 g/mol. The number of benzene rings is 2. The van der Waals surface area contributed by atoms with Crippen molar-refractivity contribution in [2.45, 2.75) is 12.8 Å². The molecule has 0 spiro atoms. The van der Waals surface area contributed by atoms with Crippen molar-refractivity contribution in [1.29, 1.82) is 0 Å². The Labute approximate surface area is 184 Å². The van der Waals surface area contributed by atoms with Gasteiger partial charge < -0.3 is 10.0 Å². The van der Waals surface area contributed by atoms with E-state index in [1.54, 1.807) is 18.2 Å². The molecule has 2 aromatic carbocycles. The summed E-state index contributed by atoms with van der Waals surface area (Å²) in [6.07, 6.45) is 1.81. The average molecular weight is 450 g/mol. The van der Waals surface area contributed by atoms with Crippen LogP contribution < -0.4 is 0 Å². The normalized spacial score (nSPS) is 17.0. The fraction of sp³-hybridized carbons (Fsp3) is 0.273.